The monoisotopic (exact) mass is 393 g/mol. The summed E-state index contributed by atoms with van der Waals surface area (Å²) in [7, 11) is 1.41. The first-order chi connectivity index (χ1) is 13.4. The van der Waals surface area contributed by atoms with E-state index in [9.17, 15) is 18.0 Å². The molecule has 0 aliphatic heterocycles. The number of carbonyl (C=O) groups excluding carboxylic acids is 1. The molecule has 0 saturated carbocycles. The molecule has 0 radical (unpaired) electrons. The summed E-state index contributed by atoms with van der Waals surface area (Å²) in [5.41, 5.74) is -1.02. The van der Waals surface area contributed by atoms with Crippen LogP contribution in [0, 0.1) is 0 Å². The summed E-state index contributed by atoms with van der Waals surface area (Å²) in [6, 6.07) is 7.44. The molecule has 0 atom stereocenters. The van der Waals surface area contributed by atoms with Crippen molar-refractivity contribution in [1.29, 1.82) is 0 Å². The normalized spacial score (nSPS) is 11.6. The maximum Gasteiger partial charge on any atom is 0.433 e. The first-order valence-corrected chi connectivity index (χ1v) is 8.63. The van der Waals surface area contributed by atoms with Crippen molar-refractivity contribution in [3.63, 3.8) is 0 Å². The molecule has 2 heterocycles. The topological polar surface area (TPSA) is 65.7 Å². The van der Waals surface area contributed by atoms with E-state index in [1.807, 2.05) is 6.92 Å². The van der Waals surface area contributed by atoms with Crippen molar-refractivity contribution in [2.75, 3.05) is 13.7 Å². The number of carbonyl (C=O) groups is 1. The minimum absolute atomic E-state index is 0.0142. The molecule has 28 heavy (non-hydrogen) atoms. The van der Waals surface area contributed by atoms with Crippen LogP contribution in [0.1, 0.15) is 35.8 Å². The van der Waals surface area contributed by atoms with E-state index >= 15 is 0 Å². The van der Waals surface area contributed by atoms with E-state index in [0.717, 1.165) is 18.7 Å². The lowest BCUT2D eigenvalue weighted by atomic mass is 10.1. The summed E-state index contributed by atoms with van der Waals surface area (Å²) in [5, 5.41) is 3.71. The van der Waals surface area contributed by atoms with Crippen molar-refractivity contribution in [3.8, 4) is 17.0 Å². The highest BCUT2D eigenvalue weighted by molar-refractivity contribution is 5.96. The van der Waals surface area contributed by atoms with Gasteiger partial charge in [0.05, 0.1) is 25.6 Å². The van der Waals surface area contributed by atoms with Gasteiger partial charge in [-0.25, -0.2) is 14.3 Å². The molecular weight excluding hydrogens is 375 g/mol. The number of aromatic nitrogens is 3. The van der Waals surface area contributed by atoms with Crippen LogP contribution in [0.2, 0.25) is 0 Å². The van der Waals surface area contributed by atoms with Gasteiger partial charge in [-0.1, -0.05) is 25.5 Å². The second kappa shape index (κ2) is 7.87. The van der Waals surface area contributed by atoms with Crippen molar-refractivity contribution < 1.29 is 27.4 Å². The molecule has 0 N–H and O–H groups in total. The molecule has 0 amide bonds. The van der Waals surface area contributed by atoms with Gasteiger partial charge in [0.2, 0.25) is 0 Å². The Morgan fingerprint density at radius 2 is 2.00 bits per heavy atom. The van der Waals surface area contributed by atoms with Crippen molar-refractivity contribution >= 4 is 11.6 Å². The van der Waals surface area contributed by atoms with Crippen molar-refractivity contribution in [1.82, 2.24) is 14.6 Å². The molecule has 0 fully saturated rings. The molecule has 1 aromatic carbocycles. The van der Waals surface area contributed by atoms with E-state index in [0.29, 0.717) is 22.2 Å². The number of methoxy groups -OCH3 is 1. The van der Waals surface area contributed by atoms with E-state index in [4.69, 9.17) is 9.47 Å². The number of unbranched alkanes of at least 4 members (excludes halogenated alkanes) is 1. The fourth-order valence-electron chi connectivity index (χ4n) is 2.69. The summed E-state index contributed by atoms with van der Waals surface area (Å²) < 4.78 is 51.8. The quantitative estimate of drug-likeness (QED) is 0.459. The molecule has 0 unspecified atom stereocenters. The largest absolute Gasteiger partial charge is 0.496 e. The number of benzene rings is 1. The van der Waals surface area contributed by atoms with E-state index in [-0.39, 0.29) is 23.5 Å². The summed E-state index contributed by atoms with van der Waals surface area (Å²) in [6.07, 6.45) is -2.19. The van der Waals surface area contributed by atoms with E-state index in [1.54, 1.807) is 24.3 Å². The maximum atomic E-state index is 13.6. The van der Waals surface area contributed by atoms with E-state index in [1.165, 1.54) is 7.11 Å². The molecular formula is C19H18F3N3O3. The Bertz CT molecular complexity index is 999. The fourth-order valence-corrected chi connectivity index (χ4v) is 2.69. The molecule has 9 heteroatoms. The van der Waals surface area contributed by atoms with Gasteiger partial charge in [0.15, 0.2) is 11.3 Å². The highest BCUT2D eigenvalue weighted by atomic mass is 19.4. The lowest BCUT2D eigenvalue weighted by molar-refractivity contribution is -0.142. The van der Waals surface area contributed by atoms with Crippen LogP contribution in [0.5, 0.6) is 5.75 Å². The van der Waals surface area contributed by atoms with E-state index < -0.39 is 17.8 Å². The average molecular weight is 393 g/mol. The molecule has 0 aliphatic rings. The van der Waals surface area contributed by atoms with Gasteiger partial charge in [0.1, 0.15) is 11.3 Å². The van der Waals surface area contributed by atoms with Crippen molar-refractivity contribution in [2.45, 2.75) is 25.9 Å². The minimum atomic E-state index is -4.70. The van der Waals surface area contributed by atoms with Gasteiger partial charge in [-0.2, -0.15) is 18.3 Å². The fraction of sp³-hybridized carbons (Fsp3) is 0.316. The lowest BCUT2D eigenvalue weighted by Crippen LogP contribution is -2.14. The van der Waals surface area contributed by atoms with Crippen LogP contribution in [-0.2, 0) is 10.9 Å². The Labute approximate surface area is 158 Å². The van der Waals surface area contributed by atoms with Crippen LogP contribution in [0.3, 0.4) is 0 Å². The average Bonchev–Trinajstić information content (AvgIpc) is 3.10. The minimum Gasteiger partial charge on any atom is -0.496 e. The predicted octanol–water partition coefficient (Wildman–Crippen LogP) is 4.38. The first kappa shape index (κ1) is 19.7. The van der Waals surface area contributed by atoms with Gasteiger partial charge in [-0.15, -0.1) is 0 Å². The summed E-state index contributed by atoms with van der Waals surface area (Å²) in [4.78, 5) is 16.6. The van der Waals surface area contributed by atoms with Gasteiger partial charge in [-0.3, -0.25) is 0 Å². The molecule has 6 nitrogen and oxygen atoms in total. The Morgan fingerprint density at radius 3 is 2.68 bits per heavy atom. The zero-order chi connectivity index (χ0) is 20.3. The zero-order valence-corrected chi connectivity index (χ0v) is 15.3. The van der Waals surface area contributed by atoms with Gasteiger partial charge < -0.3 is 9.47 Å². The Morgan fingerprint density at radius 1 is 1.25 bits per heavy atom. The number of hydrogen-bond donors (Lipinski definition) is 0. The number of para-hydroxylation sites is 1. The van der Waals surface area contributed by atoms with Gasteiger partial charge in [-0.05, 0) is 24.6 Å². The van der Waals surface area contributed by atoms with Crippen LogP contribution in [0.25, 0.3) is 16.9 Å². The summed E-state index contributed by atoms with van der Waals surface area (Å²) in [6.45, 7) is 2.10. The van der Waals surface area contributed by atoms with Crippen LogP contribution in [0.4, 0.5) is 13.2 Å². The number of hydrogen-bond acceptors (Lipinski definition) is 5. The lowest BCUT2D eigenvalue weighted by Gasteiger charge is -2.13. The number of nitrogens with zero attached hydrogens (tertiary/aromatic N) is 3. The van der Waals surface area contributed by atoms with E-state index in [2.05, 4.69) is 10.1 Å². The molecule has 148 valence electrons. The molecule has 0 bridgehead atoms. The first-order valence-electron chi connectivity index (χ1n) is 8.63. The Hall–Kier alpha value is -3.10. The van der Waals surface area contributed by atoms with Gasteiger partial charge >= 0.3 is 12.1 Å². The van der Waals surface area contributed by atoms with Crippen LogP contribution >= 0.6 is 0 Å². The van der Waals surface area contributed by atoms with Crippen LogP contribution in [0.15, 0.2) is 36.5 Å². The Balaban J connectivity index is 2.18. The second-order valence-electron chi connectivity index (χ2n) is 6.01. The van der Waals surface area contributed by atoms with Gasteiger partial charge in [0.25, 0.3) is 0 Å². The molecule has 0 spiro atoms. The van der Waals surface area contributed by atoms with Crippen LogP contribution < -0.4 is 4.74 Å². The number of alkyl halides is 3. The van der Waals surface area contributed by atoms with Gasteiger partial charge in [0, 0.05) is 5.56 Å². The molecule has 3 aromatic rings. The molecule has 2 aromatic heterocycles. The zero-order valence-electron chi connectivity index (χ0n) is 15.3. The highest BCUT2D eigenvalue weighted by Gasteiger charge is 2.36. The van der Waals surface area contributed by atoms with Crippen molar-refractivity contribution in [2.24, 2.45) is 0 Å². The predicted molar refractivity (Wildman–Crippen MR) is 95.2 cm³/mol. The molecule has 0 aliphatic carbocycles. The molecule has 3 rings (SSSR count). The third-order valence-corrected chi connectivity index (χ3v) is 4.10. The number of esters is 1. The number of rotatable bonds is 6. The number of halogens is 3. The Kier molecular flexibility index (Phi) is 5.53. The highest BCUT2D eigenvalue weighted by Crippen LogP contribution is 2.35. The third-order valence-electron chi connectivity index (χ3n) is 4.10. The second-order valence-corrected chi connectivity index (χ2v) is 6.01. The number of ether oxygens (including phenoxy) is 2. The van der Waals surface area contributed by atoms with Crippen molar-refractivity contribution in [3.05, 3.63) is 47.8 Å². The standard InChI is InChI=1S/C19H18F3N3O3/c1-3-4-9-28-18(26)13-11-23-25-16(19(20,21)22)10-14(24-17(13)25)12-7-5-6-8-15(12)27-2/h5-8,10-11H,3-4,9H2,1-2H3. The summed E-state index contributed by atoms with van der Waals surface area (Å²) in [5.74, 6) is -0.402. The summed E-state index contributed by atoms with van der Waals surface area (Å²) >= 11 is 0. The maximum absolute atomic E-state index is 13.6. The smallest absolute Gasteiger partial charge is 0.433 e. The third kappa shape index (κ3) is 3.78. The molecule has 0 saturated heterocycles. The number of fused-ring (bicyclic) bond motifs is 1. The van der Waals surface area contributed by atoms with Crippen LogP contribution in [-0.4, -0.2) is 34.3 Å². The SMILES string of the molecule is CCCCOC(=O)c1cnn2c(C(F)(F)F)cc(-c3ccccc3OC)nc12.